The van der Waals surface area contributed by atoms with E-state index < -0.39 is 20.8 Å². The van der Waals surface area contributed by atoms with Gasteiger partial charge in [0.05, 0.1) is 19.5 Å². The van der Waals surface area contributed by atoms with Gasteiger partial charge in [-0.2, -0.15) is 9.97 Å². The molecule has 5 rings (SSSR count). The zero-order valence-corrected chi connectivity index (χ0v) is 21.6. The lowest BCUT2D eigenvalue weighted by atomic mass is 10.2. The van der Waals surface area contributed by atoms with Crippen LogP contribution in [0.4, 0.5) is 5.95 Å². The van der Waals surface area contributed by atoms with Crippen LogP contribution < -0.4 is 16.1 Å². The summed E-state index contributed by atoms with van der Waals surface area (Å²) >= 11 is 6.18. The van der Waals surface area contributed by atoms with E-state index in [1.807, 2.05) is 12.1 Å². The lowest BCUT2D eigenvalue weighted by molar-refractivity contribution is -0.0943. The van der Waals surface area contributed by atoms with Gasteiger partial charge in [0.1, 0.15) is 5.52 Å². The van der Waals surface area contributed by atoms with Crippen LogP contribution in [0.15, 0.2) is 67.0 Å². The standard InChI is InChI=1S/C25H28ClN5O3Si/c1-25(2,3)35(17-10-6-4-7-11-17,18-12-8-5-9-13-18)33-15-20-32-14-19(34-20)31-16-28-21-22(26)29-24(27)30-23(21)31/h4-13,16,19-20H,14-15H2,1-3H3,(H2,27,29,30)/t19-,20-/m1/s1. The van der Waals surface area contributed by atoms with Gasteiger partial charge in [0, 0.05) is 0 Å². The van der Waals surface area contributed by atoms with Crippen molar-refractivity contribution in [2.24, 2.45) is 0 Å². The predicted molar refractivity (Wildman–Crippen MR) is 138 cm³/mol. The molecule has 4 aromatic rings. The topological polar surface area (TPSA) is 97.3 Å². The Morgan fingerprint density at radius 3 is 2.29 bits per heavy atom. The zero-order chi connectivity index (χ0) is 24.6. The molecule has 2 atom stereocenters. The maximum Gasteiger partial charge on any atom is 0.261 e. The predicted octanol–water partition coefficient (Wildman–Crippen LogP) is 3.51. The molecule has 182 valence electrons. The van der Waals surface area contributed by atoms with E-state index in [0.717, 1.165) is 0 Å². The second-order valence-electron chi connectivity index (χ2n) is 9.52. The quantitative estimate of drug-likeness (QED) is 0.314. The first-order valence-corrected chi connectivity index (χ1v) is 13.8. The van der Waals surface area contributed by atoms with Crippen molar-refractivity contribution in [1.82, 2.24) is 19.5 Å². The van der Waals surface area contributed by atoms with Gasteiger partial charge < -0.3 is 19.6 Å². The molecule has 1 fully saturated rings. The molecule has 8 nitrogen and oxygen atoms in total. The molecule has 0 unspecified atom stereocenters. The highest BCUT2D eigenvalue weighted by molar-refractivity contribution is 6.99. The molecule has 0 aliphatic carbocycles. The Morgan fingerprint density at radius 1 is 1.06 bits per heavy atom. The normalized spacial score (nSPS) is 18.9. The van der Waals surface area contributed by atoms with Gasteiger partial charge in [0.15, 0.2) is 23.3 Å². The van der Waals surface area contributed by atoms with Crippen molar-refractivity contribution in [3.05, 3.63) is 72.1 Å². The molecule has 0 spiro atoms. The van der Waals surface area contributed by atoms with Crippen molar-refractivity contribution in [1.29, 1.82) is 0 Å². The summed E-state index contributed by atoms with van der Waals surface area (Å²) < 4.78 is 20.9. The molecule has 0 bridgehead atoms. The monoisotopic (exact) mass is 509 g/mol. The van der Waals surface area contributed by atoms with Gasteiger partial charge in [-0.3, -0.25) is 4.57 Å². The molecule has 3 heterocycles. The number of halogens is 1. The molecule has 35 heavy (non-hydrogen) atoms. The number of benzene rings is 2. The van der Waals surface area contributed by atoms with Gasteiger partial charge in [-0.25, -0.2) is 4.98 Å². The SMILES string of the molecule is CC(C)(C)[Si](OC[C@@H]1OC[C@H](n2cnc3c(Cl)nc(N)nc32)O1)(c1ccccc1)c1ccccc1. The number of rotatable bonds is 6. The Hall–Kier alpha value is -2.82. The van der Waals surface area contributed by atoms with E-state index in [-0.39, 0.29) is 22.7 Å². The molecular formula is C25H28ClN5O3Si. The van der Waals surface area contributed by atoms with Gasteiger partial charge in [0.25, 0.3) is 8.32 Å². The lowest BCUT2D eigenvalue weighted by Gasteiger charge is -2.43. The largest absolute Gasteiger partial charge is 0.402 e. The summed E-state index contributed by atoms with van der Waals surface area (Å²) in [6, 6.07) is 21.0. The van der Waals surface area contributed by atoms with Crippen molar-refractivity contribution in [3.8, 4) is 0 Å². The first kappa shape index (κ1) is 23.9. The third kappa shape index (κ3) is 4.34. The molecule has 0 radical (unpaired) electrons. The molecule has 0 saturated carbocycles. The molecule has 2 aromatic carbocycles. The van der Waals surface area contributed by atoms with Crippen molar-refractivity contribution < 1.29 is 13.9 Å². The van der Waals surface area contributed by atoms with Gasteiger partial charge in [0.2, 0.25) is 5.95 Å². The summed E-state index contributed by atoms with van der Waals surface area (Å²) in [6.45, 7) is 7.33. The number of aromatic nitrogens is 4. The number of hydrogen-bond acceptors (Lipinski definition) is 7. The zero-order valence-electron chi connectivity index (χ0n) is 19.9. The van der Waals surface area contributed by atoms with Gasteiger partial charge in [-0.15, -0.1) is 0 Å². The lowest BCUT2D eigenvalue weighted by Crippen LogP contribution is -2.67. The van der Waals surface area contributed by atoms with E-state index in [1.165, 1.54) is 10.4 Å². The van der Waals surface area contributed by atoms with Crippen LogP contribution in [0.3, 0.4) is 0 Å². The Bertz CT molecular complexity index is 1270. The smallest absolute Gasteiger partial charge is 0.261 e. The Kier molecular flexibility index (Phi) is 6.37. The van der Waals surface area contributed by atoms with Crippen LogP contribution in [0.5, 0.6) is 0 Å². The van der Waals surface area contributed by atoms with Crippen molar-refractivity contribution >= 4 is 47.4 Å². The fraction of sp³-hybridized carbons (Fsp3) is 0.320. The minimum absolute atomic E-state index is 0.0785. The van der Waals surface area contributed by atoms with Crippen LogP contribution in [-0.2, 0) is 13.9 Å². The third-order valence-electron chi connectivity index (χ3n) is 6.29. The van der Waals surface area contributed by atoms with Gasteiger partial charge >= 0.3 is 0 Å². The first-order chi connectivity index (χ1) is 16.8. The first-order valence-electron chi connectivity index (χ1n) is 11.5. The maximum atomic E-state index is 6.94. The van der Waals surface area contributed by atoms with E-state index in [9.17, 15) is 0 Å². The summed E-state index contributed by atoms with van der Waals surface area (Å²) in [5.74, 6) is 0.0785. The molecule has 1 aliphatic rings. The van der Waals surface area contributed by atoms with Crippen LogP contribution >= 0.6 is 11.6 Å². The van der Waals surface area contributed by atoms with E-state index >= 15 is 0 Å². The summed E-state index contributed by atoms with van der Waals surface area (Å²) in [7, 11) is -2.70. The van der Waals surface area contributed by atoms with Crippen LogP contribution in [0.2, 0.25) is 10.2 Å². The van der Waals surface area contributed by atoms with Crippen LogP contribution in [0, 0.1) is 0 Å². The molecular weight excluding hydrogens is 482 g/mol. The summed E-state index contributed by atoms with van der Waals surface area (Å²) in [4.78, 5) is 12.6. The molecule has 0 amide bonds. The third-order valence-corrected chi connectivity index (χ3v) is 11.6. The number of fused-ring (bicyclic) bond motifs is 1. The maximum absolute atomic E-state index is 6.94. The van der Waals surface area contributed by atoms with Crippen LogP contribution in [-0.4, -0.2) is 47.3 Å². The van der Waals surface area contributed by atoms with E-state index in [1.54, 1.807) is 10.9 Å². The van der Waals surface area contributed by atoms with E-state index in [0.29, 0.717) is 17.8 Å². The summed E-state index contributed by atoms with van der Waals surface area (Å²) in [6.07, 6.45) is 0.635. The average molecular weight is 510 g/mol. The Balaban J connectivity index is 1.42. The Morgan fingerprint density at radius 2 is 1.69 bits per heavy atom. The van der Waals surface area contributed by atoms with E-state index in [4.69, 9.17) is 31.2 Å². The van der Waals surface area contributed by atoms with Gasteiger partial charge in [-0.1, -0.05) is 93.0 Å². The number of anilines is 1. The molecule has 1 saturated heterocycles. The van der Waals surface area contributed by atoms with Crippen molar-refractivity contribution in [2.75, 3.05) is 18.9 Å². The molecule has 1 aliphatic heterocycles. The number of hydrogen-bond donors (Lipinski definition) is 1. The highest BCUT2D eigenvalue weighted by Gasteiger charge is 2.50. The van der Waals surface area contributed by atoms with Crippen LogP contribution in [0.1, 0.15) is 27.0 Å². The minimum Gasteiger partial charge on any atom is -0.402 e. The summed E-state index contributed by atoms with van der Waals surface area (Å²) in [5.41, 5.74) is 6.76. The fourth-order valence-corrected chi connectivity index (χ4v) is 9.50. The molecule has 2 aromatic heterocycles. The average Bonchev–Trinajstić information content (AvgIpc) is 3.47. The number of ether oxygens (including phenoxy) is 2. The second-order valence-corrected chi connectivity index (χ2v) is 14.2. The molecule has 2 N–H and O–H groups in total. The fourth-order valence-electron chi connectivity index (χ4n) is 4.74. The number of nitrogens with zero attached hydrogens (tertiary/aromatic N) is 4. The second kappa shape index (κ2) is 9.33. The van der Waals surface area contributed by atoms with E-state index in [2.05, 4.69) is 84.3 Å². The van der Waals surface area contributed by atoms with Gasteiger partial charge in [-0.05, 0) is 15.4 Å². The van der Waals surface area contributed by atoms with Crippen LogP contribution in [0.25, 0.3) is 11.2 Å². The minimum atomic E-state index is -2.70. The number of nitrogens with two attached hydrogens (primary N) is 1. The summed E-state index contributed by atoms with van der Waals surface area (Å²) in [5, 5.41) is 2.47. The van der Waals surface area contributed by atoms with Crippen molar-refractivity contribution in [3.63, 3.8) is 0 Å². The Labute approximate surface area is 210 Å². The highest BCUT2D eigenvalue weighted by atomic mass is 35.5. The molecule has 10 heteroatoms. The highest BCUT2D eigenvalue weighted by Crippen LogP contribution is 2.37. The number of imidazole rings is 1. The number of nitrogen functional groups attached to an aromatic ring is 1. The van der Waals surface area contributed by atoms with Crippen molar-refractivity contribution in [2.45, 2.75) is 38.3 Å².